The fourth-order valence-electron chi connectivity index (χ4n) is 4.80. The minimum absolute atomic E-state index is 0.177. The molecule has 4 atom stereocenters. The van der Waals surface area contributed by atoms with Gasteiger partial charge >= 0.3 is 12.2 Å². The number of nitrogens with zero attached hydrogens (tertiary/aromatic N) is 4. The molecule has 3 amide bonds. The summed E-state index contributed by atoms with van der Waals surface area (Å²) in [6.07, 6.45) is -0.993. The van der Waals surface area contributed by atoms with E-state index in [1.54, 1.807) is 18.2 Å². The second-order valence-electron chi connectivity index (χ2n) is 10.2. The van der Waals surface area contributed by atoms with Crippen LogP contribution in [-0.4, -0.2) is 94.4 Å². The summed E-state index contributed by atoms with van der Waals surface area (Å²) < 4.78 is 55.6. The number of carbonyl (C=O) groups excluding carboxylic acids is 2. The number of halogens is 3. The maximum absolute atomic E-state index is 13.4. The van der Waals surface area contributed by atoms with Crippen molar-refractivity contribution in [2.24, 2.45) is 0 Å². The average Bonchev–Trinajstić information content (AvgIpc) is 3.45. The van der Waals surface area contributed by atoms with Crippen molar-refractivity contribution in [3.63, 3.8) is 0 Å². The molecule has 2 fully saturated rings. The molecule has 5 heterocycles. The van der Waals surface area contributed by atoms with Crippen molar-refractivity contribution in [3.8, 4) is 5.88 Å². The van der Waals surface area contributed by atoms with Crippen LogP contribution in [-0.2, 0) is 14.3 Å². The van der Waals surface area contributed by atoms with E-state index in [2.05, 4.69) is 25.7 Å². The Bertz CT molecular complexity index is 1170. The van der Waals surface area contributed by atoms with Crippen LogP contribution in [0.25, 0.3) is 0 Å². The first-order chi connectivity index (χ1) is 18.4. The van der Waals surface area contributed by atoms with Crippen LogP contribution in [0.4, 0.5) is 23.8 Å². The normalized spacial score (nSPS) is 26.2. The molecule has 0 aliphatic carbocycles. The van der Waals surface area contributed by atoms with Crippen molar-refractivity contribution < 1.29 is 37.0 Å². The Kier molecular flexibility index (Phi) is 7.05. The number of ether oxygens (including phenoxy) is 3. The lowest BCUT2D eigenvalue weighted by atomic mass is 10.1. The van der Waals surface area contributed by atoms with E-state index in [1.165, 1.54) is 11.0 Å². The predicted molar refractivity (Wildman–Crippen MR) is 130 cm³/mol. The molecule has 5 rings (SSSR count). The van der Waals surface area contributed by atoms with Gasteiger partial charge in [-0.15, -0.1) is 10.2 Å². The van der Waals surface area contributed by atoms with Crippen LogP contribution in [0.5, 0.6) is 5.88 Å². The summed E-state index contributed by atoms with van der Waals surface area (Å²) in [4.78, 5) is 29.5. The molecule has 12 nitrogen and oxygen atoms in total. The summed E-state index contributed by atoms with van der Waals surface area (Å²) >= 11 is 0. The van der Waals surface area contributed by atoms with E-state index in [0.29, 0.717) is 37.6 Å². The quantitative estimate of drug-likeness (QED) is 0.482. The van der Waals surface area contributed by atoms with Crippen LogP contribution < -0.4 is 20.7 Å². The topological polar surface area (TPSA) is 130 Å². The van der Waals surface area contributed by atoms with Crippen LogP contribution in [0.3, 0.4) is 0 Å². The van der Waals surface area contributed by atoms with Crippen LogP contribution in [0.2, 0.25) is 0 Å². The number of dihydropyridines is 1. The zero-order chi connectivity index (χ0) is 27.9. The van der Waals surface area contributed by atoms with Crippen molar-refractivity contribution in [2.45, 2.75) is 63.4 Å². The third-order valence-corrected chi connectivity index (χ3v) is 6.80. The third kappa shape index (κ3) is 5.88. The second-order valence-corrected chi connectivity index (χ2v) is 10.2. The number of hydrogen-bond donors (Lipinski definition) is 3. The van der Waals surface area contributed by atoms with Gasteiger partial charge in [-0.3, -0.25) is 15.0 Å². The first kappa shape index (κ1) is 27.0. The van der Waals surface area contributed by atoms with Crippen LogP contribution in [0, 0.1) is 0 Å². The van der Waals surface area contributed by atoms with E-state index in [1.807, 2.05) is 19.2 Å². The molecule has 1 aromatic heterocycles. The van der Waals surface area contributed by atoms with Gasteiger partial charge in [-0.2, -0.15) is 13.2 Å². The van der Waals surface area contributed by atoms with Crippen molar-refractivity contribution in [1.82, 2.24) is 30.6 Å². The fraction of sp³-hybridized carbons (Fsp3) is 0.583. The number of carbonyl (C=O) groups is 2. The Morgan fingerprint density at radius 2 is 2.10 bits per heavy atom. The second kappa shape index (κ2) is 10.2. The molecule has 0 spiro atoms. The van der Waals surface area contributed by atoms with Crippen LogP contribution >= 0.6 is 0 Å². The van der Waals surface area contributed by atoms with Gasteiger partial charge in [0.15, 0.2) is 11.6 Å². The van der Waals surface area contributed by atoms with Crippen molar-refractivity contribution in [1.29, 1.82) is 0 Å². The minimum Gasteiger partial charge on any atom is -0.474 e. The van der Waals surface area contributed by atoms with Gasteiger partial charge in [-0.1, -0.05) is 6.08 Å². The predicted octanol–water partition coefficient (Wildman–Crippen LogP) is 1.69. The molecule has 4 aliphatic rings. The number of hydrogen-bond acceptors (Lipinski definition) is 9. The molecule has 2 bridgehead atoms. The van der Waals surface area contributed by atoms with Gasteiger partial charge in [0.2, 0.25) is 11.8 Å². The Morgan fingerprint density at radius 1 is 1.31 bits per heavy atom. The fourth-order valence-corrected chi connectivity index (χ4v) is 4.80. The molecule has 3 N–H and O–H groups in total. The Labute approximate surface area is 222 Å². The van der Waals surface area contributed by atoms with E-state index in [4.69, 9.17) is 14.2 Å². The Hall–Kier alpha value is -3.59. The smallest absolute Gasteiger partial charge is 0.408 e. The Morgan fingerprint density at radius 3 is 2.77 bits per heavy atom. The van der Waals surface area contributed by atoms with Gasteiger partial charge < -0.3 is 29.7 Å². The summed E-state index contributed by atoms with van der Waals surface area (Å²) in [7, 11) is 0. The number of aromatic nitrogens is 2. The number of fused-ring (bicyclic) bond motifs is 3. The van der Waals surface area contributed by atoms with Crippen LogP contribution in [0.1, 0.15) is 27.2 Å². The van der Waals surface area contributed by atoms with Gasteiger partial charge in [-0.05, 0) is 39.3 Å². The average molecular weight is 554 g/mol. The number of nitrogens with one attached hydrogen (secondary N) is 3. The molecule has 1 unspecified atom stereocenters. The first-order valence-electron chi connectivity index (χ1n) is 12.6. The largest absolute Gasteiger partial charge is 0.474 e. The molecule has 1 aromatic rings. The molecule has 15 heteroatoms. The van der Waals surface area contributed by atoms with Crippen molar-refractivity contribution >= 4 is 17.8 Å². The highest BCUT2D eigenvalue weighted by Gasteiger charge is 2.44. The highest BCUT2D eigenvalue weighted by atomic mass is 19.4. The molecule has 2 saturated heterocycles. The summed E-state index contributed by atoms with van der Waals surface area (Å²) in [6, 6.07) is -0.711. The summed E-state index contributed by atoms with van der Waals surface area (Å²) in [5.41, 5.74) is 0.683. The number of alkyl halides is 3. The van der Waals surface area contributed by atoms with Gasteiger partial charge in [0.25, 0.3) is 0 Å². The van der Waals surface area contributed by atoms with Gasteiger partial charge in [0.1, 0.15) is 30.6 Å². The van der Waals surface area contributed by atoms with Gasteiger partial charge in [0, 0.05) is 19.2 Å². The third-order valence-electron chi connectivity index (χ3n) is 6.80. The zero-order valence-corrected chi connectivity index (χ0v) is 21.6. The monoisotopic (exact) mass is 553 g/mol. The summed E-state index contributed by atoms with van der Waals surface area (Å²) in [5, 5.41) is 15.6. The van der Waals surface area contributed by atoms with E-state index >= 15 is 0 Å². The lowest BCUT2D eigenvalue weighted by Crippen LogP contribution is -2.57. The first-order valence-corrected chi connectivity index (χ1v) is 12.6. The highest BCUT2D eigenvalue weighted by molar-refractivity contribution is 5.91. The minimum atomic E-state index is -4.57. The SMILES string of the molecule is C[C@@H](NC(=O)C1C=CC2=C(N1)N(C(=O)Nc1ccc(OC[C@@H]3COC(C)(C)O3)nn1)[C@H]1CCN2C1)C(F)(F)F. The lowest BCUT2D eigenvalue weighted by Gasteiger charge is -2.40. The zero-order valence-electron chi connectivity index (χ0n) is 21.6. The van der Waals surface area contributed by atoms with Gasteiger partial charge in [-0.25, -0.2) is 4.79 Å². The van der Waals surface area contributed by atoms with E-state index in [-0.39, 0.29) is 30.5 Å². The van der Waals surface area contributed by atoms with E-state index in [0.717, 1.165) is 6.92 Å². The van der Waals surface area contributed by atoms with Crippen molar-refractivity contribution in [3.05, 3.63) is 35.8 Å². The molecule has 212 valence electrons. The maximum Gasteiger partial charge on any atom is 0.408 e. The molecule has 0 saturated carbocycles. The molecular formula is C24H30F3N7O5. The lowest BCUT2D eigenvalue weighted by molar-refractivity contribution is -0.158. The highest BCUT2D eigenvalue weighted by Crippen LogP contribution is 2.33. The Balaban J connectivity index is 1.23. The molecular weight excluding hydrogens is 523 g/mol. The van der Waals surface area contributed by atoms with E-state index < -0.39 is 36.0 Å². The summed E-state index contributed by atoms with van der Waals surface area (Å²) in [5.74, 6) is -0.746. The number of allylic oxidation sites excluding steroid dienone is 1. The number of urea groups is 1. The maximum atomic E-state index is 13.4. The summed E-state index contributed by atoms with van der Waals surface area (Å²) in [6.45, 7) is 6.41. The molecule has 39 heavy (non-hydrogen) atoms. The number of amides is 3. The molecule has 4 aliphatic heterocycles. The van der Waals surface area contributed by atoms with Crippen LogP contribution in [0.15, 0.2) is 35.8 Å². The number of anilines is 1. The molecule has 0 aromatic carbocycles. The van der Waals surface area contributed by atoms with E-state index in [9.17, 15) is 22.8 Å². The standard InChI is InChI=1S/C24H30F3N7O5/c1-13(24(25,26)27)28-21(35)16-4-5-17-20(29-16)34(14-8-9-33(17)10-14)22(36)30-18-6-7-19(32-31-18)37-11-15-12-38-23(2,3)39-15/h4-7,13-16,29H,8-12H2,1-3H3,(H,28,35)(H,30,31,36)/t13-,14+,15-,16?/m1/s1. The van der Waals surface area contributed by atoms with Gasteiger partial charge in [0.05, 0.1) is 18.3 Å². The number of rotatable bonds is 6. The van der Waals surface area contributed by atoms with Crippen molar-refractivity contribution in [2.75, 3.05) is 31.6 Å². The molecule has 0 radical (unpaired) electrons.